The highest BCUT2D eigenvalue weighted by atomic mass is 16.5. The van der Waals surface area contributed by atoms with Gasteiger partial charge >= 0.3 is 5.97 Å². The Labute approximate surface area is 123 Å². The molecule has 0 aromatic heterocycles. The van der Waals surface area contributed by atoms with Crippen LogP contribution in [-0.4, -0.2) is 37.5 Å². The zero-order valence-corrected chi connectivity index (χ0v) is 12.8. The van der Waals surface area contributed by atoms with Crippen LogP contribution in [0.3, 0.4) is 0 Å². The molecule has 20 heavy (non-hydrogen) atoms. The molecule has 118 valence electrons. The first kappa shape index (κ1) is 19.1. The molecule has 0 unspecified atom stereocenters. The fraction of sp³-hybridized carbons (Fsp3) is 0.812. The van der Waals surface area contributed by atoms with Gasteiger partial charge in [0.25, 0.3) is 0 Å². The van der Waals surface area contributed by atoms with Gasteiger partial charge in [-0.15, -0.1) is 0 Å². The van der Waals surface area contributed by atoms with Crippen LogP contribution in [0.15, 0.2) is 12.2 Å². The summed E-state index contributed by atoms with van der Waals surface area (Å²) in [5.74, 6) is -0.801. The zero-order chi connectivity index (χ0) is 14.9. The molecule has 0 rings (SSSR count). The fourth-order valence-corrected chi connectivity index (χ4v) is 1.67. The van der Waals surface area contributed by atoms with Crippen LogP contribution in [0.25, 0.3) is 0 Å². The minimum Gasteiger partial charge on any atom is -0.481 e. The monoisotopic (exact) mass is 286 g/mol. The van der Waals surface area contributed by atoms with E-state index in [2.05, 4.69) is 19.1 Å². The molecule has 0 heterocycles. The topological polar surface area (TPSA) is 55.8 Å². The van der Waals surface area contributed by atoms with E-state index in [1.165, 1.54) is 19.3 Å². The van der Waals surface area contributed by atoms with Crippen molar-refractivity contribution >= 4 is 5.97 Å². The molecule has 0 aromatic rings. The van der Waals surface area contributed by atoms with E-state index in [0.29, 0.717) is 13.2 Å². The molecule has 0 aromatic carbocycles. The first-order chi connectivity index (χ1) is 9.77. The second-order valence-electron chi connectivity index (χ2n) is 4.83. The summed E-state index contributed by atoms with van der Waals surface area (Å²) in [6.45, 7) is 4.87. The number of aliphatic carboxylic acids is 1. The lowest BCUT2D eigenvalue weighted by molar-refractivity contribution is -0.138. The van der Waals surface area contributed by atoms with Gasteiger partial charge in [0.1, 0.15) is 0 Å². The Bertz CT molecular complexity index is 239. The Morgan fingerprint density at radius 2 is 1.55 bits per heavy atom. The normalized spacial score (nSPS) is 11.2. The van der Waals surface area contributed by atoms with Gasteiger partial charge in [0.05, 0.1) is 19.6 Å². The minimum atomic E-state index is -0.801. The Kier molecular flexibility index (Phi) is 15.5. The molecule has 0 amide bonds. The smallest absolute Gasteiger partial charge is 0.305 e. The van der Waals surface area contributed by atoms with Crippen molar-refractivity contribution in [3.8, 4) is 0 Å². The number of carboxylic acids is 1. The molecule has 0 fully saturated rings. The highest BCUT2D eigenvalue weighted by Gasteiger charge is 1.95. The average molecular weight is 286 g/mol. The predicted molar refractivity (Wildman–Crippen MR) is 81.0 cm³/mol. The van der Waals surface area contributed by atoms with Gasteiger partial charge in [-0.2, -0.15) is 0 Å². The molecular weight excluding hydrogens is 256 g/mol. The molecule has 1 N–H and O–H groups in total. The van der Waals surface area contributed by atoms with Gasteiger partial charge in [-0.25, -0.2) is 0 Å². The summed E-state index contributed by atoms with van der Waals surface area (Å²) < 4.78 is 10.7. The summed E-state index contributed by atoms with van der Waals surface area (Å²) in [4.78, 5) is 10.2. The number of hydrogen-bond donors (Lipinski definition) is 1. The largest absolute Gasteiger partial charge is 0.481 e. The number of allylic oxidation sites excluding steroid dienone is 1. The van der Waals surface area contributed by atoms with Crippen LogP contribution >= 0.6 is 0 Å². The van der Waals surface area contributed by atoms with Crippen LogP contribution < -0.4 is 0 Å². The van der Waals surface area contributed by atoms with E-state index in [1.807, 2.05) is 0 Å². The van der Waals surface area contributed by atoms with E-state index >= 15 is 0 Å². The van der Waals surface area contributed by atoms with Gasteiger partial charge in [0.15, 0.2) is 0 Å². The highest BCUT2D eigenvalue weighted by molar-refractivity contribution is 5.66. The van der Waals surface area contributed by atoms with Gasteiger partial charge in [-0.3, -0.25) is 4.79 Å². The molecule has 0 saturated carbocycles. The summed E-state index contributed by atoms with van der Waals surface area (Å²) in [6, 6.07) is 0. The maximum atomic E-state index is 10.2. The SMILES string of the molecule is CCCCCOCCC=CCCCCOCCC(=O)O. The molecule has 4 heteroatoms. The first-order valence-electron chi connectivity index (χ1n) is 7.79. The molecule has 0 aliphatic carbocycles. The maximum absolute atomic E-state index is 10.2. The molecule has 0 atom stereocenters. The van der Waals surface area contributed by atoms with Gasteiger partial charge in [0, 0.05) is 13.2 Å². The Balaban J connectivity index is 3.07. The summed E-state index contributed by atoms with van der Waals surface area (Å²) in [7, 11) is 0. The Morgan fingerprint density at radius 1 is 0.900 bits per heavy atom. The summed E-state index contributed by atoms with van der Waals surface area (Å²) in [6.07, 6.45) is 12.2. The van der Waals surface area contributed by atoms with Crippen molar-refractivity contribution in [1.29, 1.82) is 0 Å². The summed E-state index contributed by atoms with van der Waals surface area (Å²) >= 11 is 0. The zero-order valence-electron chi connectivity index (χ0n) is 12.8. The number of carboxylic acid groups (broad SMARTS) is 1. The third-order valence-electron chi connectivity index (χ3n) is 2.86. The van der Waals surface area contributed by atoms with Crippen LogP contribution in [0.4, 0.5) is 0 Å². The quantitative estimate of drug-likeness (QED) is 0.367. The number of hydrogen-bond acceptors (Lipinski definition) is 3. The molecule has 0 radical (unpaired) electrons. The fourth-order valence-electron chi connectivity index (χ4n) is 1.67. The Morgan fingerprint density at radius 3 is 2.25 bits per heavy atom. The Hall–Kier alpha value is -0.870. The predicted octanol–water partition coefficient (Wildman–Crippen LogP) is 3.80. The van der Waals surface area contributed by atoms with Gasteiger partial charge in [0.2, 0.25) is 0 Å². The maximum Gasteiger partial charge on any atom is 0.305 e. The molecule has 0 aliphatic rings. The number of unbranched alkanes of at least 4 members (excludes halogenated alkanes) is 4. The standard InChI is InChI=1S/C16H30O4/c1-2-3-8-12-19-13-9-6-4-5-7-10-14-20-15-11-16(17)18/h4,6H,2-3,5,7-15H2,1H3,(H,17,18). The number of carbonyl (C=O) groups is 1. The highest BCUT2D eigenvalue weighted by Crippen LogP contribution is 1.99. The van der Waals surface area contributed by atoms with Crippen molar-refractivity contribution < 1.29 is 19.4 Å². The van der Waals surface area contributed by atoms with E-state index in [0.717, 1.165) is 38.9 Å². The molecular formula is C16H30O4. The lowest BCUT2D eigenvalue weighted by atomic mass is 10.2. The van der Waals surface area contributed by atoms with E-state index in [1.54, 1.807) is 0 Å². The lowest BCUT2D eigenvalue weighted by Gasteiger charge is -2.01. The third kappa shape index (κ3) is 17.1. The van der Waals surface area contributed by atoms with Crippen LogP contribution in [0.1, 0.15) is 58.3 Å². The molecule has 0 bridgehead atoms. The van der Waals surface area contributed by atoms with Gasteiger partial charge in [-0.1, -0.05) is 31.9 Å². The molecule has 4 nitrogen and oxygen atoms in total. The molecule has 0 saturated heterocycles. The second kappa shape index (κ2) is 16.2. The van der Waals surface area contributed by atoms with Crippen LogP contribution in [0.5, 0.6) is 0 Å². The molecule has 0 aliphatic heterocycles. The minimum absolute atomic E-state index is 0.0954. The van der Waals surface area contributed by atoms with E-state index in [-0.39, 0.29) is 6.42 Å². The van der Waals surface area contributed by atoms with E-state index in [9.17, 15) is 4.79 Å². The second-order valence-corrected chi connectivity index (χ2v) is 4.83. The first-order valence-corrected chi connectivity index (χ1v) is 7.79. The lowest BCUT2D eigenvalue weighted by Crippen LogP contribution is -2.03. The third-order valence-corrected chi connectivity index (χ3v) is 2.86. The van der Waals surface area contributed by atoms with Crippen LogP contribution in [0, 0.1) is 0 Å². The van der Waals surface area contributed by atoms with Gasteiger partial charge in [-0.05, 0) is 32.1 Å². The van der Waals surface area contributed by atoms with Crippen molar-refractivity contribution in [2.24, 2.45) is 0 Å². The van der Waals surface area contributed by atoms with Crippen LogP contribution in [-0.2, 0) is 14.3 Å². The van der Waals surface area contributed by atoms with Crippen molar-refractivity contribution in [2.75, 3.05) is 26.4 Å². The average Bonchev–Trinajstić information content (AvgIpc) is 2.43. The van der Waals surface area contributed by atoms with Crippen molar-refractivity contribution in [3.63, 3.8) is 0 Å². The number of rotatable bonds is 15. The van der Waals surface area contributed by atoms with Crippen LogP contribution in [0.2, 0.25) is 0 Å². The summed E-state index contributed by atoms with van der Waals surface area (Å²) in [5, 5.41) is 8.42. The van der Waals surface area contributed by atoms with Crippen molar-refractivity contribution in [1.82, 2.24) is 0 Å². The van der Waals surface area contributed by atoms with Gasteiger partial charge < -0.3 is 14.6 Å². The van der Waals surface area contributed by atoms with E-state index in [4.69, 9.17) is 14.6 Å². The van der Waals surface area contributed by atoms with Crippen molar-refractivity contribution in [2.45, 2.75) is 58.3 Å². The van der Waals surface area contributed by atoms with Crippen molar-refractivity contribution in [3.05, 3.63) is 12.2 Å². The van der Waals surface area contributed by atoms with E-state index < -0.39 is 5.97 Å². The summed E-state index contributed by atoms with van der Waals surface area (Å²) in [5.41, 5.74) is 0. The number of ether oxygens (including phenoxy) is 2. The molecule has 0 spiro atoms.